The number of hydrogen-bond acceptors (Lipinski definition) is 15. The van der Waals surface area contributed by atoms with Crippen LogP contribution in [0.5, 0.6) is 0 Å². The number of anilines is 3. The second kappa shape index (κ2) is 39.7. The van der Waals surface area contributed by atoms with E-state index in [4.69, 9.17) is 25.8 Å². The molecule has 10 N–H and O–H groups in total. The molecule has 132 heavy (non-hydrogen) atoms. The van der Waals surface area contributed by atoms with E-state index < -0.39 is 70.5 Å². The first-order valence-electron chi connectivity index (χ1n) is 41.4. The molecule has 0 unspecified atom stereocenters. The Bertz CT molecular complexity index is 6490. The Hall–Kier alpha value is -13.5. The average Bonchev–Trinajstić information content (AvgIpc) is 1.59. The minimum atomic E-state index is -4.70. The Kier molecular flexibility index (Phi) is 29.8. The summed E-state index contributed by atoms with van der Waals surface area (Å²) in [6.07, 6.45) is -1.12. The third kappa shape index (κ3) is 18.3. The smallest absolute Gasteiger partial charge is 0.870 e. The average molecular weight is 1820 g/mol. The van der Waals surface area contributed by atoms with E-state index >= 15 is 13.2 Å². The number of aromatic carboxylic acids is 1. The zero-order chi connectivity index (χ0) is 90.0. The van der Waals surface area contributed by atoms with Crippen LogP contribution in [-0.2, 0) is 101 Å². The standard InChI is InChI=1S/C32H29F4N5O2.C31H28F4N6O.C31H27F4N5O2.2CH4.Li.H3N.H2O/c1-4-18-7-6-8-19(5-2)28(18)41-29(22-9-10-23(31(42)43-3)27-21(22)11-13-37-27)24-17-40(14-12-26(24)39-41)30-25(33)15-20(16-38-30)32(34,35)36;1-3-17-6-5-7-18(4-2)27(17)41-28(21-8-9-22(29(36)42)26-20(21)10-12-37-26)23-16-40(13-11-25(23)39-41)30-24(32)14-19(15-38-30)31(33,34)35;1-3-17-6-5-7-18(4-2)27(17)40-28(21-8-9-22(30(41)42)26-20(21)10-12-36-26)23-16-39(13-11-25(23)38-40)29-24(32)14-19(15-37-29)31(33,34)35;;;;;/h6-11,13,15-16,37H,4-5,12,14,17H2,1-3H3;5-10,12,14-15,37H,3-4,11,13,16H2,1-2H3,(H2,36,42);5-10,12,14-15,36H,3-4,11,13,16H2,1-2H3,(H,41,42);2*1H4;;1H3;1H2/q;;;;;+1;;/p-1. The van der Waals surface area contributed by atoms with Gasteiger partial charge in [-0.05, 0) is 127 Å². The molecular weight excluding hydrogens is 1720 g/mol. The van der Waals surface area contributed by atoms with Gasteiger partial charge in [-0.25, -0.2) is 51.8 Å². The summed E-state index contributed by atoms with van der Waals surface area (Å²) in [4.78, 5) is 62.6. The number of methoxy groups -OCH3 is 1. The number of H-pyrrole nitrogens is 3. The summed E-state index contributed by atoms with van der Waals surface area (Å²) in [7, 11) is 1.33. The van der Waals surface area contributed by atoms with Crippen LogP contribution in [0.1, 0.15) is 171 Å². The van der Waals surface area contributed by atoms with Crippen LogP contribution in [0.3, 0.4) is 0 Å². The van der Waals surface area contributed by atoms with E-state index in [-0.39, 0.29) is 88.0 Å². The van der Waals surface area contributed by atoms with Crippen molar-refractivity contribution in [1.29, 1.82) is 0 Å². The van der Waals surface area contributed by atoms with Gasteiger partial charge in [-0.15, -0.1) is 0 Å². The molecule has 0 aliphatic carbocycles. The molecule has 0 saturated heterocycles. The molecule has 686 valence electrons. The Balaban J connectivity index is 0.000000187. The maximum Gasteiger partial charge on any atom is 1.00 e. The molecule has 0 bridgehead atoms. The monoisotopic (exact) mass is 1820 g/mol. The van der Waals surface area contributed by atoms with E-state index in [0.29, 0.717) is 109 Å². The van der Waals surface area contributed by atoms with Crippen LogP contribution in [-0.4, -0.2) is 114 Å². The van der Waals surface area contributed by atoms with Crippen molar-refractivity contribution in [2.75, 3.05) is 41.4 Å². The predicted molar refractivity (Wildman–Crippen MR) is 478 cm³/mol. The van der Waals surface area contributed by atoms with Crippen LogP contribution in [0.25, 0.3) is 83.5 Å². The van der Waals surface area contributed by atoms with Crippen molar-refractivity contribution < 1.29 is 101 Å². The van der Waals surface area contributed by atoms with Gasteiger partial charge in [0, 0.05) is 145 Å². The number of hydrogen-bond donors (Lipinski definition) is 6. The molecule has 9 aromatic heterocycles. The summed E-state index contributed by atoms with van der Waals surface area (Å²) in [6, 6.07) is 35.8. The van der Waals surface area contributed by atoms with Gasteiger partial charge in [-0.1, -0.05) is 129 Å². The molecule has 3 aliphatic heterocycles. The number of aromatic nitrogens is 12. The van der Waals surface area contributed by atoms with Crippen LogP contribution in [0.2, 0.25) is 0 Å². The van der Waals surface area contributed by atoms with Crippen LogP contribution >= 0.6 is 0 Å². The Labute approximate surface area is 763 Å². The number of benzene rings is 6. The SMILES string of the molecule is C.C.CCc1cccc(CC)c1-n1nc2c(c1-c1ccc(C(=O)O)c3[nH]ccc13)CN(c1ncc(C(F)(F)F)cc1F)CC2.CCc1cccc(CC)c1-n1nc2c(c1-c1ccc(C(=O)OC)c3[nH]ccc13)CN(c1ncc(C(F)(F)F)cc1F)CC2.CCc1cccc(CC)c1-n1nc2c(c1-c1ccc(C(N)=O)c3[nH]ccc13)CN(c1ncc(C(F)(F)F)cc1F)CC2.N.[Li+].[OH-]. The maximum atomic E-state index is 15.1. The minimum Gasteiger partial charge on any atom is -0.870 e. The van der Waals surface area contributed by atoms with Gasteiger partial charge in [-0.3, -0.25) is 4.79 Å². The number of nitrogens with zero attached hydrogens (tertiary/aromatic N) is 12. The van der Waals surface area contributed by atoms with Gasteiger partial charge >= 0.3 is 49.3 Å². The van der Waals surface area contributed by atoms with E-state index in [9.17, 15) is 59.0 Å². The quantitative estimate of drug-likeness (QED) is 0.0264. The largest absolute Gasteiger partial charge is 1.00 e. The first-order valence-corrected chi connectivity index (χ1v) is 41.4. The zero-order valence-electron chi connectivity index (χ0n) is 71.9. The normalized spacial score (nSPS) is 13.0. The number of pyridine rings is 3. The van der Waals surface area contributed by atoms with Gasteiger partial charge in [0.15, 0.2) is 34.9 Å². The van der Waals surface area contributed by atoms with Crippen LogP contribution in [0.4, 0.5) is 70.1 Å². The number of alkyl halides is 9. The molecule has 23 nitrogen and oxygen atoms in total. The molecule has 6 aromatic carbocycles. The fourth-order valence-corrected chi connectivity index (χ4v) is 17.6. The third-order valence-corrected chi connectivity index (χ3v) is 23.8. The van der Waals surface area contributed by atoms with E-state index in [1.807, 2.05) is 74.7 Å². The van der Waals surface area contributed by atoms with Gasteiger partial charge in [0.05, 0.1) is 108 Å². The van der Waals surface area contributed by atoms with Gasteiger partial charge < -0.3 is 56.9 Å². The second-order valence-electron chi connectivity index (χ2n) is 31.0. The van der Waals surface area contributed by atoms with E-state index in [2.05, 4.69) is 95.7 Å². The van der Waals surface area contributed by atoms with Gasteiger partial charge in [0.1, 0.15) is 0 Å². The van der Waals surface area contributed by atoms with Crippen molar-refractivity contribution in [3.63, 3.8) is 0 Å². The minimum absolute atomic E-state index is 0. The van der Waals surface area contributed by atoms with E-state index in [1.54, 1.807) is 57.6 Å². The predicted octanol–water partition coefficient (Wildman–Crippen LogP) is 18.6. The Morgan fingerprint density at radius 2 is 0.705 bits per heavy atom. The molecule has 0 saturated carbocycles. The van der Waals surface area contributed by atoms with Gasteiger partial charge in [0.25, 0.3) is 5.91 Å². The molecule has 15 aromatic rings. The third-order valence-electron chi connectivity index (χ3n) is 23.8. The number of halogens is 12. The number of fused-ring (bicyclic) bond motifs is 6. The number of para-hydroxylation sites is 3. The number of aryl methyl sites for hydroxylation is 6. The molecule has 0 spiro atoms. The Morgan fingerprint density at radius 3 is 0.962 bits per heavy atom. The van der Waals surface area contributed by atoms with Crippen molar-refractivity contribution in [3.05, 3.63) is 283 Å². The first kappa shape index (κ1) is 99.1. The number of ether oxygens (including phenoxy) is 1. The molecule has 0 radical (unpaired) electrons. The Morgan fingerprint density at radius 1 is 0.432 bits per heavy atom. The van der Waals surface area contributed by atoms with Gasteiger partial charge in [-0.2, -0.15) is 54.8 Å². The topological polar surface area (TPSA) is 321 Å². The molecule has 1 amide bonds. The number of aromatic amines is 3. The van der Waals surface area contributed by atoms with E-state index in [0.717, 1.165) is 167 Å². The van der Waals surface area contributed by atoms with Crippen molar-refractivity contribution >= 4 is 68.0 Å². The molecule has 18 rings (SSSR count). The summed E-state index contributed by atoms with van der Waals surface area (Å²) < 4.78 is 175. The van der Waals surface area contributed by atoms with Crippen molar-refractivity contribution in [3.8, 4) is 50.8 Å². The summed E-state index contributed by atoms with van der Waals surface area (Å²) >= 11 is 0. The number of carboxylic acid groups (broad SMARTS) is 1. The number of carbonyl (C=O) groups excluding carboxylic acids is 2. The van der Waals surface area contributed by atoms with E-state index in [1.165, 1.54) is 7.11 Å². The number of esters is 1. The molecule has 3 aliphatic rings. The van der Waals surface area contributed by atoms with Crippen LogP contribution in [0, 0.1) is 17.5 Å². The fraction of sp³-hybridized carbons (Fsp3) is 0.281. The summed E-state index contributed by atoms with van der Waals surface area (Å²) in [5.74, 6) is -5.69. The first-order chi connectivity index (χ1) is 60.9. The van der Waals surface area contributed by atoms with Gasteiger partial charge in [0.2, 0.25) is 0 Å². The number of amides is 1. The number of nitrogens with one attached hydrogen (secondary N) is 3. The molecule has 12 heterocycles. The molecule has 0 atom stereocenters. The van der Waals surface area contributed by atoms with Crippen molar-refractivity contribution in [1.82, 2.24) is 65.4 Å². The number of carbonyl (C=O) groups is 3. The summed E-state index contributed by atoms with van der Waals surface area (Å²) in [5.41, 5.74) is 23.5. The second-order valence-corrected chi connectivity index (χ2v) is 31.0. The number of rotatable bonds is 18. The summed E-state index contributed by atoms with van der Waals surface area (Å²) in [6.45, 7) is 13.9. The van der Waals surface area contributed by atoms with Crippen molar-refractivity contribution in [2.45, 2.75) is 152 Å². The maximum absolute atomic E-state index is 15.1. The van der Waals surface area contributed by atoms with Crippen LogP contribution < -0.4 is 45.4 Å². The molecule has 36 heteroatoms. The molecular formula is C96H96F12LiN17O6. The zero-order valence-corrected chi connectivity index (χ0v) is 71.9. The number of carboxylic acids is 1. The fourth-order valence-electron chi connectivity index (χ4n) is 17.6. The number of primary amides is 1. The summed E-state index contributed by atoms with van der Waals surface area (Å²) in [5, 5.41) is 27.2. The number of nitrogens with two attached hydrogens (primary N) is 1. The van der Waals surface area contributed by atoms with Crippen LogP contribution in [0.15, 0.2) is 165 Å². The molecule has 0 fully saturated rings. The van der Waals surface area contributed by atoms with Crippen molar-refractivity contribution in [2.24, 2.45) is 5.73 Å².